The third-order valence-corrected chi connectivity index (χ3v) is 4.65. The first kappa shape index (κ1) is 22.4. The van der Waals surface area contributed by atoms with Gasteiger partial charge in [0.15, 0.2) is 6.61 Å². The summed E-state index contributed by atoms with van der Waals surface area (Å²) in [6.45, 7) is 5.67. The minimum Gasteiger partial charge on any atom is -0.467 e. The van der Waals surface area contributed by atoms with Crippen molar-refractivity contribution in [2.45, 2.75) is 39.8 Å². The van der Waals surface area contributed by atoms with Crippen LogP contribution >= 0.6 is 0 Å². The van der Waals surface area contributed by atoms with Crippen LogP contribution in [0, 0.1) is 5.92 Å². The average molecular weight is 405 g/mol. The maximum atomic E-state index is 12.5. The van der Waals surface area contributed by atoms with Crippen molar-refractivity contribution < 1.29 is 33.0 Å². The van der Waals surface area contributed by atoms with Crippen molar-refractivity contribution in [1.82, 2.24) is 5.32 Å². The van der Waals surface area contributed by atoms with E-state index in [0.29, 0.717) is 24.2 Å². The number of ether oxygens (including phenoxy) is 3. The Morgan fingerprint density at radius 3 is 2.55 bits per heavy atom. The molecule has 158 valence electrons. The van der Waals surface area contributed by atoms with Crippen LogP contribution in [0.4, 0.5) is 0 Å². The zero-order chi connectivity index (χ0) is 21.4. The fourth-order valence-electron chi connectivity index (χ4n) is 2.82. The Hall–Kier alpha value is -2.87. The van der Waals surface area contributed by atoms with Crippen LogP contribution < -0.4 is 5.32 Å². The van der Waals surface area contributed by atoms with E-state index in [1.54, 1.807) is 12.1 Å². The summed E-state index contributed by atoms with van der Waals surface area (Å²) in [4.78, 5) is 36.6. The van der Waals surface area contributed by atoms with Gasteiger partial charge in [-0.15, -0.1) is 0 Å². The minimum absolute atomic E-state index is 0.00102. The van der Waals surface area contributed by atoms with Gasteiger partial charge in [0.05, 0.1) is 13.7 Å². The molecule has 1 amide bonds. The molecular formula is C21H27NO7. The summed E-state index contributed by atoms with van der Waals surface area (Å²) in [7, 11) is 1.26. The monoisotopic (exact) mass is 405 g/mol. The molecule has 0 aliphatic carbocycles. The quantitative estimate of drug-likeness (QED) is 0.606. The summed E-state index contributed by atoms with van der Waals surface area (Å²) in [6, 6.07) is 6.37. The summed E-state index contributed by atoms with van der Waals surface area (Å²) >= 11 is 0. The minimum atomic E-state index is -0.809. The molecule has 1 heterocycles. The van der Waals surface area contributed by atoms with Gasteiger partial charge >= 0.3 is 11.9 Å². The number of hydrogen-bond donors (Lipinski definition) is 1. The summed E-state index contributed by atoms with van der Waals surface area (Å²) in [5, 5.41) is 3.30. The van der Waals surface area contributed by atoms with Gasteiger partial charge in [-0.25, -0.2) is 9.59 Å². The number of benzene rings is 1. The van der Waals surface area contributed by atoms with E-state index in [9.17, 15) is 14.4 Å². The van der Waals surface area contributed by atoms with Gasteiger partial charge in [-0.1, -0.05) is 38.5 Å². The molecule has 0 bridgehead atoms. The van der Waals surface area contributed by atoms with Gasteiger partial charge in [-0.2, -0.15) is 0 Å². The molecule has 2 rings (SSSR count). The number of amides is 1. The van der Waals surface area contributed by atoms with Gasteiger partial charge in [-0.3, -0.25) is 4.79 Å². The smallest absolute Gasteiger partial charge is 0.375 e. The van der Waals surface area contributed by atoms with Crippen LogP contribution in [0.15, 0.2) is 28.7 Å². The number of furan rings is 1. The number of para-hydroxylation sites is 1. The lowest BCUT2D eigenvalue weighted by atomic mass is 9.99. The fourth-order valence-corrected chi connectivity index (χ4v) is 2.82. The Kier molecular flexibility index (Phi) is 8.21. The second kappa shape index (κ2) is 10.6. The van der Waals surface area contributed by atoms with Gasteiger partial charge in [0.25, 0.3) is 5.91 Å². The SMILES string of the molecule is CCOCc1c(C(=O)OCC(=O)N[C@H](C(=O)OC)[C@H](C)CC)oc2ccccc12. The van der Waals surface area contributed by atoms with Crippen LogP contribution in [0.2, 0.25) is 0 Å². The average Bonchev–Trinajstić information content (AvgIpc) is 3.11. The van der Waals surface area contributed by atoms with E-state index in [4.69, 9.17) is 18.6 Å². The highest BCUT2D eigenvalue weighted by atomic mass is 16.6. The van der Waals surface area contributed by atoms with Crippen LogP contribution in [0.5, 0.6) is 0 Å². The third kappa shape index (κ3) is 5.57. The largest absolute Gasteiger partial charge is 0.467 e. The predicted molar refractivity (Wildman–Crippen MR) is 105 cm³/mol. The lowest BCUT2D eigenvalue weighted by Gasteiger charge is -2.21. The zero-order valence-corrected chi connectivity index (χ0v) is 17.2. The number of hydrogen-bond acceptors (Lipinski definition) is 7. The molecule has 8 nitrogen and oxygen atoms in total. The van der Waals surface area contributed by atoms with Crippen molar-refractivity contribution in [2.24, 2.45) is 5.92 Å². The van der Waals surface area contributed by atoms with Crippen LogP contribution in [-0.4, -0.2) is 44.2 Å². The molecule has 8 heteroatoms. The topological polar surface area (TPSA) is 104 Å². The highest BCUT2D eigenvalue weighted by molar-refractivity contribution is 5.97. The number of methoxy groups -OCH3 is 1. The molecule has 2 aromatic rings. The first-order chi connectivity index (χ1) is 13.9. The lowest BCUT2D eigenvalue weighted by Crippen LogP contribution is -2.47. The van der Waals surface area contributed by atoms with E-state index in [1.807, 2.05) is 32.9 Å². The van der Waals surface area contributed by atoms with Crippen LogP contribution in [0.3, 0.4) is 0 Å². The molecule has 2 atom stereocenters. The summed E-state index contributed by atoms with van der Waals surface area (Å²) < 4.78 is 20.9. The Balaban J connectivity index is 2.08. The van der Waals surface area contributed by atoms with E-state index in [2.05, 4.69) is 5.32 Å². The highest BCUT2D eigenvalue weighted by Crippen LogP contribution is 2.27. The van der Waals surface area contributed by atoms with Gasteiger partial charge < -0.3 is 23.9 Å². The van der Waals surface area contributed by atoms with Crippen molar-refractivity contribution >= 4 is 28.8 Å². The van der Waals surface area contributed by atoms with E-state index >= 15 is 0 Å². The Morgan fingerprint density at radius 2 is 1.90 bits per heavy atom. The Bertz CT molecular complexity index is 858. The molecule has 0 aliphatic rings. The summed E-state index contributed by atoms with van der Waals surface area (Å²) in [5.41, 5.74) is 1.10. The van der Waals surface area contributed by atoms with Gasteiger partial charge in [-0.05, 0) is 18.9 Å². The maximum absolute atomic E-state index is 12.5. The van der Waals surface area contributed by atoms with Crippen molar-refractivity contribution in [1.29, 1.82) is 0 Å². The molecule has 1 aromatic heterocycles. The first-order valence-corrected chi connectivity index (χ1v) is 9.55. The number of carbonyl (C=O) groups excluding carboxylic acids is 3. The van der Waals surface area contributed by atoms with E-state index < -0.39 is 30.5 Å². The van der Waals surface area contributed by atoms with Crippen molar-refractivity contribution in [3.8, 4) is 0 Å². The molecule has 0 fully saturated rings. The number of carbonyl (C=O) groups is 3. The summed E-state index contributed by atoms with van der Waals surface area (Å²) in [5.74, 6) is -2.05. The molecule has 0 aliphatic heterocycles. The Morgan fingerprint density at radius 1 is 1.17 bits per heavy atom. The summed E-state index contributed by atoms with van der Waals surface area (Å²) in [6.07, 6.45) is 0.666. The molecular weight excluding hydrogens is 378 g/mol. The van der Waals surface area contributed by atoms with Crippen LogP contribution in [-0.2, 0) is 30.4 Å². The predicted octanol–water partition coefficient (Wildman–Crippen LogP) is 2.83. The molecule has 1 N–H and O–H groups in total. The zero-order valence-electron chi connectivity index (χ0n) is 17.2. The van der Waals surface area contributed by atoms with Crippen molar-refractivity contribution in [3.63, 3.8) is 0 Å². The van der Waals surface area contributed by atoms with Crippen molar-refractivity contribution in [2.75, 3.05) is 20.3 Å². The number of rotatable bonds is 10. The van der Waals surface area contributed by atoms with Gasteiger partial charge in [0, 0.05) is 17.6 Å². The second-order valence-corrected chi connectivity index (χ2v) is 6.57. The second-order valence-electron chi connectivity index (χ2n) is 6.57. The standard InChI is InChI=1S/C21H27NO7/c1-5-13(3)18(20(24)26-4)22-17(23)12-28-21(25)19-15(11-27-6-2)14-9-7-8-10-16(14)29-19/h7-10,13,18H,5-6,11-12H2,1-4H3,(H,22,23)/t13-,18+/m1/s1. The van der Waals surface area contributed by atoms with Crippen LogP contribution in [0.25, 0.3) is 11.0 Å². The molecule has 0 unspecified atom stereocenters. The molecule has 0 saturated carbocycles. The van der Waals surface area contributed by atoms with E-state index in [0.717, 1.165) is 5.39 Å². The number of nitrogens with one attached hydrogen (secondary N) is 1. The molecule has 0 saturated heterocycles. The van der Waals surface area contributed by atoms with E-state index in [-0.39, 0.29) is 18.3 Å². The van der Waals surface area contributed by atoms with Crippen LogP contribution in [0.1, 0.15) is 43.3 Å². The van der Waals surface area contributed by atoms with Gasteiger partial charge in [0.2, 0.25) is 5.76 Å². The third-order valence-electron chi connectivity index (χ3n) is 4.65. The van der Waals surface area contributed by atoms with Gasteiger partial charge in [0.1, 0.15) is 11.6 Å². The number of esters is 2. The molecule has 0 radical (unpaired) electrons. The first-order valence-electron chi connectivity index (χ1n) is 9.55. The normalized spacial score (nSPS) is 13.0. The molecule has 29 heavy (non-hydrogen) atoms. The number of fused-ring (bicyclic) bond motifs is 1. The lowest BCUT2D eigenvalue weighted by molar-refractivity contribution is -0.147. The maximum Gasteiger partial charge on any atom is 0.375 e. The Labute approximate surface area is 169 Å². The fraction of sp³-hybridized carbons (Fsp3) is 0.476. The van der Waals surface area contributed by atoms with Crippen molar-refractivity contribution in [3.05, 3.63) is 35.6 Å². The van der Waals surface area contributed by atoms with E-state index in [1.165, 1.54) is 7.11 Å². The molecule has 0 spiro atoms. The molecule has 1 aromatic carbocycles. The highest BCUT2D eigenvalue weighted by Gasteiger charge is 2.28.